The molecular weight excluding hydrogens is 282 g/mol. The van der Waals surface area contributed by atoms with E-state index in [0.717, 1.165) is 5.39 Å². The summed E-state index contributed by atoms with van der Waals surface area (Å²) in [6.07, 6.45) is -0.0118. The van der Waals surface area contributed by atoms with E-state index in [1.807, 2.05) is 24.3 Å². The van der Waals surface area contributed by atoms with E-state index in [-0.39, 0.29) is 25.0 Å². The summed E-state index contributed by atoms with van der Waals surface area (Å²) in [5.41, 5.74) is 1.07. The first-order chi connectivity index (χ1) is 10.6. The molecule has 0 aromatic heterocycles. The number of amides is 2. The molecule has 0 unspecified atom stereocenters. The molecule has 2 aromatic rings. The van der Waals surface area contributed by atoms with E-state index in [0.29, 0.717) is 29.4 Å². The average Bonchev–Trinajstić information content (AvgIpc) is 2.55. The maximum atomic E-state index is 12.6. The third-order valence-corrected chi connectivity index (χ3v) is 3.99. The fraction of sp³-hybridized carbons (Fsp3) is 0.294. The first-order valence-corrected chi connectivity index (χ1v) is 7.30. The summed E-state index contributed by atoms with van der Waals surface area (Å²) in [6.45, 7) is -0.0799. The Balaban J connectivity index is 1.91. The van der Waals surface area contributed by atoms with Gasteiger partial charge in [0.1, 0.15) is 0 Å². The number of rotatable bonds is 5. The fourth-order valence-electron chi connectivity index (χ4n) is 2.86. The molecular formula is C17H17NO4. The van der Waals surface area contributed by atoms with Gasteiger partial charge in [-0.1, -0.05) is 24.3 Å². The minimum absolute atomic E-state index is 0.236. The van der Waals surface area contributed by atoms with Crippen LogP contribution in [-0.4, -0.2) is 46.2 Å². The van der Waals surface area contributed by atoms with E-state index in [2.05, 4.69) is 0 Å². The van der Waals surface area contributed by atoms with Gasteiger partial charge in [0.15, 0.2) is 0 Å². The van der Waals surface area contributed by atoms with Crippen molar-refractivity contribution in [3.8, 4) is 0 Å². The Labute approximate surface area is 127 Å². The maximum Gasteiger partial charge on any atom is 0.261 e. The highest BCUT2D eigenvalue weighted by molar-refractivity contribution is 6.25. The Kier molecular flexibility index (Phi) is 3.92. The van der Waals surface area contributed by atoms with Gasteiger partial charge in [0.2, 0.25) is 0 Å². The average molecular weight is 299 g/mol. The van der Waals surface area contributed by atoms with Crippen molar-refractivity contribution in [1.29, 1.82) is 0 Å². The van der Waals surface area contributed by atoms with Crippen molar-refractivity contribution in [3.05, 3.63) is 47.5 Å². The summed E-state index contributed by atoms with van der Waals surface area (Å²) >= 11 is 0. The maximum absolute atomic E-state index is 12.6. The second-order valence-electron chi connectivity index (χ2n) is 5.45. The lowest BCUT2D eigenvalue weighted by Gasteiger charge is -2.27. The van der Waals surface area contributed by atoms with Crippen LogP contribution in [0.2, 0.25) is 0 Å². The molecule has 0 aliphatic carbocycles. The molecule has 0 spiro atoms. The van der Waals surface area contributed by atoms with Gasteiger partial charge >= 0.3 is 0 Å². The van der Waals surface area contributed by atoms with Crippen LogP contribution in [0.1, 0.15) is 33.6 Å². The van der Waals surface area contributed by atoms with Crippen LogP contribution in [-0.2, 0) is 0 Å². The quantitative estimate of drug-likeness (QED) is 0.822. The molecule has 5 nitrogen and oxygen atoms in total. The summed E-state index contributed by atoms with van der Waals surface area (Å²) < 4.78 is 0. The molecule has 0 fully saturated rings. The van der Waals surface area contributed by atoms with Crippen molar-refractivity contribution in [2.45, 2.75) is 18.9 Å². The smallest absolute Gasteiger partial charge is 0.261 e. The molecule has 1 aliphatic rings. The van der Waals surface area contributed by atoms with Crippen LogP contribution in [0, 0.1) is 0 Å². The van der Waals surface area contributed by atoms with Crippen LogP contribution in [0.25, 0.3) is 10.8 Å². The molecule has 2 N–H and O–H groups in total. The van der Waals surface area contributed by atoms with Crippen LogP contribution >= 0.6 is 0 Å². The lowest BCUT2D eigenvalue weighted by atomic mass is 9.94. The SMILES string of the molecule is O=C1c2cccc3cccc(c23)C(=O)N1CCC[C@H](O)CO. The van der Waals surface area contributed by atoms with Crippen molar-refractivity contribution in [1.82, 2.24) is 4.90 Å². The summed E-state index contributed by atoms with van der Waals surface area (Å²) in [5.74, 6) is -0.597. The molecule has 114 valence electrons. The third-order valence-electron chi connectivity index (χ3n) is 3.99. The van der Waals surface area contributed by atoms with E-state index in [4.69, 9.17) is 5.11 Å². The normalized spacial score (nSPS) is 15.5. The van der Waals surface area contributed by atoms with Crippen LogP contribution < -0.4 is 0 Å². The van der Waals surface area contributed by atoms with E-state index in [9.17, 15) is 14.7 Å². The van der Waals surface area contributed by atoms with Crippen molar-refractivity contribution in [2.75, 3.05) is 13.2 Å². The van der Waals surface area contributed by atoms with Crippen LogP contribution in [0.15, 0.2) is 36.4 Å². The van der Waals surface area contributed by atoms with Crippen molar-refractivity contribution in [2.24, 2.45) is 0 Å². The van der Waals surface area contributed by atoms with E-state index >= 15 is 0 Å². The summed E-state index contributed by atoms with van der Waals surface area (Å²) in [6, 6.07) is 10.9. The summed E-state index contributed by atoms with van der Waals surface area (Å²) in [7, 11) is 0. The molecule has 0 saturated carbocycles. The molecule has 0 radical (unpaired) electrons. The van der Waals surface area contributed by atoms with Crippen molar-refractivity contribution >= 4 is 22.6 Å². The second-order valence-corrected chi connectivity index (χ2v) is 5.45. The first-order valence-electron chi connectivity index (χ1n) is 7.30. The van der Waals surface area contributed by atoms with Gasteiger partial charge in [0.25, 0.3) is 11.8 Å². The van der Waals surface area contributed by atoms with E-state index in [1.165, 1.54) is 4.90 Å². The zero-order valence-corrected chi connectivity index (χ0v) is 12.0. The second kappa shape index (κ2) is 5.87. The van der Waals surface area contributed by atoms with Gasteiger partial charge in [-0.3, -0.25) is 14.5 Å². The van der Waals surface area contributed by atoms with Crippen LogP contribution in [0.3, 0.4) is 0 Å². The molecule has 1 aliphatic heterocycles. The van der Waals surface area contributed by atoms with E-state index < -0.39 is 6.10 Å². The predicted octanol–water partition coefficient (Wildman–Crippen LogP) is 1.57. The number of nitrogens with zero attached hydrogens (tertiary/aromatic N) is 1. The van der Waals surface area contributed by atoms with Gasteiger partial charge in [-0.25, -0.2) is 0 Å². The minimum Gasteiger partial charge on any atom is -0.394 e. The third kappa shape index (κ3) is 2.38. The summed E-state index contributed by atoms with van der Waals surface area (Å²) in [4.78, 5) is 26.3. The van der Waals surface area contributed by atoms with Crippen LogP contribution in [0.4, 0.5) is 0 Å². The number of hydrogen-bond donors (Lipinski definition) is 2. The van der Waals surface area contributed by atoms with Gasteiger partial charge in [0.05, 0.1) is 12.7 Å². The van der Waals surface area contributed by atoms with Gasteiger partial charge in [-0.2, -0.15) is 0 Å². The van der Waals surface area contributed by atoms with Crippen molar-refractivity contribution < 1.29 is 19.8 Å². The number of aliphatic hydroxyl groups excluding tert-OH is 2. The summed E-state index contributed by atoms with van der Waals surface area (Å²) in [5, 5.41) is 19.8. The van der Waals surface area contributed by atoms with Crippen LogP contribution in [0.5, 0.6) is 0 Å². The highest BCUT2D eigenvalue weighted by Crippen LogP contribution is 2.30. The molecule has 2 amide bonds. The fourth-order valence-corrected chi connectivity index (χ4v) is 2.86. The predicted molar refractivity (Wildman–Crippen MR) is 81.6 cm³/mol. The molecule has 0 bridgehead atoms. The molecule has 2 aromatic carbocycles. The highest BCUT2D eigenvalue weighted by Gasteiger charge is 2.32. The van der Waals surface area contributed by atoms with Crippen molar-refractivity contribution in [3.63, 3.8) is 0 Å². The topological polar surface area (TPSA) is 77.8 Å². The zero-order valence-electron chi connectivity index (χ0n) is 12.0. The Morgan fingerprint density at radius 1 is 1.00 bits per heavy atom. The Bertz CT molecular complexity index is 690. The molecule has 0 saturated heterocycles. The number of benzene rings is 2. The number of imide groups is 1. The van der Waals surface area contributed by atoms with Gasteiger partial charge in [-0.15, -0.1) is 0 Å². The highest BCUT2D eigenvalue weighted by atomic mass is 16.3. The lowest BCUT2D eigenvalue weighted by Crippen LogP contribution is -2.41. The molecule has 3 rings (SSSR count). The monoisotopic (exact) mass is 299 g/mol. The minimum atomic E-state index is -0.814. The Morgan fingerprint density at radius 2 is 1.59 bits per heavy atom. The Morgan fingerprint density at radius 3 is 2.14 bits per heavy atom. The van der Waals surface area contributed by atoms with E-state index in [1.54, 1.807) is 12.1 Å². The molecule has 5 heteroatoms. The lowest BCUT2D eigenvalue weighted by molar-refractivity contribution is 0.0577. The van der Waals surface area contributed by atoms with Gasteiger partial charge in [-0.05, 0) is 30.4 Å². The van der Waals surface area contributed by atoms with Gasteiger partial charge < -0.3 is 10.2 Å². The largest absolute Gasteiger partial charge is 0.394 e. The molecule has 22 heavy (non-hydrogen) atoms. The zero-order chi connectivity index (χ0) is 15.7. The standard InChI is InChI=1S/C17H17NO4/c19-10-12(20)6-3-9-18-16(21)13-7-1-4-11-5-2-8-14(15(11)13)17(18)22/h1-2,4-5,7-8,12,19-20H,3,6,9-10H2/t12-/m0/s1. The number of hydrogen-bond acceptors (Lipinski definition) is 4. The first kappa shape index (κ1) is 14.7. The number of aliphatic hydroxyl groups is 2. The number of carbonyl (C=O) groups excluding carboxylic acids is 2. The molecule has 1 heterocycles. The van der Waals surface area contributed by atoms with Gasteiger partial charge in [0, 0.05) is 23.1 Å². The Hall–Kier alpha value is -2.24. The molecule has 1 atom stereocenters. The number of carbonyl (C=O) groups is 2.